The minimum Gasteiger partial charge on any atom is -0.336 e. The van der Waals surface area contributed by atoms with Crippen LogP contribution in [0.5, 0.6) is 0 Å². The van der Waals surface area contributed by atoms with Gasteiger partial charge in [0.05, 0.1) is 13.3 Å². The van der Waals surface area contributed by atoms with E-state index < -0.39 is 17.7 Å². The number of hydrogen-bond acceptors (Lipinski definition) is 6. The minimum atomic E-state index is -1.03. The molecule has 3 aromatic rings. The molecule has 150 valence electrons. The Morgan fingerprint density at radius 2 is 1.07 bits per heavy atom. The molecule has 0 N–H and O–H groups in total. The molecule has 4 rings (SSSR count). The summed E-state index contributed by atoms with van der Waals surface area (Å²) >= 11 is 0. The number of hydrogen-bond donors (Lipinski definition) is 0. The smallest absolute Gasteiger partial charge is 0.265 e. The Balaban J connectivity index is 1.83. The molecule has 1 aliphatic rings. The molecule has 1 fully saturated rings. The number of benzene rings is 3. The van der Waals surface area contributed by atoms with Gasteiger partial charge in [-0.1, -0.05) is 54.6 Å². The molecule has 0 aromatic heterocycles. The zero-order valence-corrected chi connectivity index (χ0v) is 16.3. The first-order valence-electron chi connectivity index (χ1n) is 9.66. The largest absolute Gasteiger partial charge is 0.336 e. The lowest BCUT2D eigenvalue weighted by atomic mass is 10.1. The molecular formula is C24H21N3O3. The Kier molecular flexibility index (Phi) is 5.57. The second-order valence-electron chi connectivity index (χ2n) is 6.99. The number of rotatable bonds is 6. The Labute approximate surface area is 174 Å². The quantitative estimate of drug-likeness (QED) is 0.361. The van der Waals surface area contributed by atoms with E-state index >= 15 is 0 Å². The maximum Gasteiger partial charge on any atom is 0.265 e. The van der Waals surface area contributed by atoms with Crippen molar-refractivity contribution in [2.24, 2.45) is 0 Å². The third kappa shape index (κ3) is 3.80. The van der Waals surface area contributed by atoms with Crippen LogP contribution in [-0.4, -0.2) is 37.4 Å². The van der Waals surface area contributed by atoms with E-state index in [0.29, 0.717) is 13.3 Å². The van der Waals surface area contributed by atoms with Crippen LogP contribution in [0, 0.1) is 0 Å². The summed E-state index contributed by atoms with van der Waals surface area (Å²) in [5, 5.41) is 0. The lowest BCUT2D eigenvalue weighted by Crippen LogP contribution is -2.66. The molecule has 0 saturated carbocycles. The van der Waals surface area contributed by atoms with Crippen LogP contribution in [0.3, 0.4) is 0 Å². The summed E-state index contributed by atoms with van der Waals surface area (Å²) in [6, 6.07) is 28.8. The number of Topliss-reactive ketones (excluding diaryl/α,β-unsaturated/α-hetero) is 2. The molecule has 0 unspecified atom stereocenters. The van der Waals surface area contributed by atoms with Gasteiger partial charge in [0.1, 0.15) is 0 Å². The second kappa shape index (κ2) is 8.61. The van der Waals surface area contributed by atoms with E-state index in [-0.39, 0.29) is 6.29 Å². The van der Waals surface area contributed by atoms with Gasteiger partial charge < -0.3 is 14.7 Å². The molecule has 1 aliphatic heterocycles. The molecule has 0 aliphatic carbocycles. The molecule has 0 bridgehead atoms. The van der Waals surface area contributed by atoms with Crippen molar-refractivity contribution in [2.45, 2.75) is 6.17 Å². The number of nitrogens with zero attached hydrogens (tertiary/aromatic N) is 3. The molecule has 0 radical (unpaired) electrons. The topological polar surface area (TPSA) is 60.9 Å². The number of anilines is 3. The third-order valence-electron chi connectivity index (χ3n) is 5.12. The average molecular weight is 399 g/mol. The minimum absolute atomic E-state index is 0.0955. The standard InChI is InChI=1S/C24H21N3O3/c28-16-22(29)23(30)24-26(20-12-6-2-7-13-20)17-25(19-10-4-1-5-11-19)18-27(24)21-14-8-3-9-15-21/h1-16,24H,17-18H2. The Morgan fingerprint density at radius 1 is 0.667 bits per heavy atom. The predicted octanol–water partition coefficient (Wildman–Crippen LogP) is 3.10. The van der Waals surface area contributed by atoms with E-state index in [1.807, 2.05) is 101 Å². The molecule has 30 heavy (non-hydrogen) atoms. The van der Waals surface area contributed by atoms with E-state index in [1.54, 1.807) is 0 Å². The van der Waals surface area contributed by atoms with Gasteiger partial charge in [-0.3, -0.25) is 14.4 Å². The average Bonchev–Trinajstić information content (AvgIpc) is 2.84. The molecule has 6 heteroatoms. The molecule has 0 spiro atoms. The van der Waals surface area contributed by atoms with Crippen molar-refractivity contribution < 1.29 is 14.4 Å². The Hall–Kier alpha value is -3.93. The zero-order valence-electron chi connectivity index (χ0n) is 16.3. The van der Waals surface area contributed by atoms with Crippen molar-refractivity contribution in [3.05, 3.63) is 91.0 Å². The fourth-order valence-electron chi connectivity index (χ4n) is 3.69. The predicted molar refractivity (Wildman–Crippen MR) is 116 cm³/mol. The summed E-state index contributed by atoms with van der Waals surface area (Å²) in [6.45, 7) is 0.778. The summed E-state index contributed by atoms with van der Waals surface area (Å²) in [7, 11) is 0. The molecular weight excluding hydrogens is 378 g/mol. The van der Waals surface area contributed by atoms with Crippen molar-refractivity contribution in [1.29, 1.82) is 0 Å². The monoisotopic (exact) mass is 399 g/mol. The molecule has 6 nitrogen and oxygen atoms in total. The van der Waals surface area contributed by atoms with Crippen molar-refractivity contribution in [3.63, 3.8) is 0 Å². The van der Waals surface area contributed by atoms with Crippen LogP contribution in [0.1, 0.15) is 0 Å². The highest BCUT2D eigenvalue weighted by Gasteiger charge is 2.40. The van der Waals surface area contributed by atoms with Gasteiger partial charge in [-0.15, -0.1) is 0 Å². The second-order valence-corrected chi connectivity index (χ2v) is 6.99. The van der Waals surface area contributed by atoms with Crippen molar-refractivity contribution >= 4 is 34.9 Å². The van der Waals surface area contributed by atoms with Crippen LogP contribution >= 0.6 is 0 Å². The van der Waals surface area contributed by atoms with Crippen LogP contribution in [0.15, 0.2) is 91.0 Å². The first kappa shape index (κ1) is 19.4. The van der Waals surface area contributed by atoms with Crippen LogP contribution in [-0.2, 0) is 14.4 Å². The normalized spacial score (nSPS) is 14.5. The maximum absolute atomic E-state index is 13.1. The van der Waals surface area contributed by atoms with Gasteiger partial charge in [-0.05, 0) is 36.4 Å². The summed E-state index contributed by atoms with van der Waals surface area (Å²) in [5.41, 5.74) is 2.57. The van der Waals surface area contributed by atoms with Gasteiger partial charge >= 0.3 is 0 Å². The highest BCUT2D eigenvalue weighted by atomic mass is 16.2. The van der Waals surface area contributed by atoms with Crippen LogP contribution < -0.4 is 14.7 Å². The summed E-state index contributed by atoms with van der Waals surface area (Å²) in [6.07, 6.45) is -0.828. The van der Waals surface area contributed by atoms with E-state index in [4.69, 9.17) is 0 Å². The number of para-hydroxylation sites is 3. The first-order valence-corrected chi connectivity index (χ1v) is 9.66. The zero-order chi connectivity index (χ0) is 20.9. The highest BCUT2D eigenvalue weighted by molar-refractivity contribution is 6.59. The lowest BCUT2D eigenvalue weighted by molar-refractivity contribution is -0.140. The Morgan fingerprint density at radius 3 is 1.47 bits per heavy atom. The number of aldehydes is 1. The van der Waals surface area contributed by atoms with Crippen molar-refractivity contribution in [3.8, 4) is 0 Å². The van der Waals surface area contributed by atoms with Crippen molar-refractivity contribution in [1.82, 2.24) is 0 Å². The molecule has 1 heterocycles. The van der Waals surface area contributed by atoms with Gasteiger partial charge in [0, 0.05) is 17.1 Å². The number of carbonyl (C=O) groups excluding carboxylic acids is 3. The van der Waals surface area contributed by atoms with E-state index in [2.05, 4.69) is 4.90 Å². The fraction of sp³-hybridized carbons (Fsp3) is 0.125. The summed E-state index contributed by atoms with van der Waals surface area (Å²) in [4.78, 5) is 42.2. The Bertz CT molecular complexity index is 976. The summed E-state index contributed by atoms with van der Waals surface area (Å²) in [5.74, 6) is -1.78. The highest BCUT2D eigenvalue weighted by Crippen LogP contribution is 2.30. The van der Waals surface area contributed by atoms with Crippen LogP contribution in [0.25, 0.3) is 0 Å². The fourth-order valence-corrected chi connectivity index (χ4v) is 3.69. The first-order chi connectivity index (χ1) is 14.7. The van der Waals surface area contributed by atoms with Crippen LogP contribution in [0.4, 0.5) is 17.1 Å². The van der Waals surface area contributed by atoms with Crippen LogP contribution in [0.2, 0.25) is 0 Å². The number of carbonyl (C=O) groups is 3. The van der Waals surface area contributed by atoms with E-state index in [1.165, 1.54) is 0 Å². The molecule has 0 atom stereocenters. The van der Waals surface area contributed by atoms with E-state index in [9.17, 15) is 14.4 Å². The van der Waals surface area contributed by atoms with Crippen molar-refractivity contribution in [2.75, 3.05) is 28.0 Å². The summed E-state index contributed by atoms with van der Waals surface area (Å²) < 4.78 is 0. The number of ketones is 2. The molecule has 3 aromatic carbocycles. The van der Waals surface area contributed by atoms with Gasteiger partial charge in [0.2, 0.25) is 5.78 Å². The van der Waals surface area contributed by atoms with Gasteiger partial charge in [0.25, 0.3) is 5.78 Å². The lowest BCUT2D eigenvalue weighted by Gasteiger charge is -2.50. The van der Waals surface area contributed by atoms with Gasteiger partial charge in [0.15, 0.2) is 12.5 Å². The van der Waals surface area contributed by atoms with Gasteiger partial charge in [-0.25, -0.2) is 0 Å². The van der Waals surface area contributed by atoms with Gasteiger partial charge in [-0.2, -0.15) is 0 Å². The maximum atomic E-state index is 13.1. The SMILES string of the molecule is O=CC(=O)C(=O)C1N(c2ccccc2)CN(c2ccccc2)CN1c1ccccc1. The van der Waals surface area contributed by atoms with E-state index in [0.717, 1.165) is 17.1 Å². The molecule has 1 saturated heterocycles. The third-order valence-corrected chi connectivity index (χ3v) is 5.12. The molecule has 0 amide bonds.